The lowest BCUT2D eigenvalue weighted by atomic mass is 10.0. The lowest BCUT2D eigenvalue weighted by molar-refractivity contribution is -0.115. The summed E-state index contributed by atoms with van der Waals surface area (Å²) in [6, 6.07) is 8.14. The molecule has 0 aliphatic carbocycles. The Hall–Kier alpha value is -4.08. The average Bonchev–Trinajstić information content (AvgIpc) is 3.20. The Morgan fingerprint density at radius 1 is 1.03 bits per heavy atom. The van der Waals surface area contributed by atoms with Crippen LogP contribution < -0.4 is 5.32 Å². The molecule has 0 saturated carbocycles. The Balaban J connectivity index is 1.37. The van der Waals surface area contributed by atoms with Crippen LogP contribution in [0.3, 0.4) is 0 Å². The second-order valence-corrected chi connectivity index (χ2v) is 7.97. The lowest BCUT2D eigenvalue weighted by Crippen LogP contribution is -2.17. The predicted octanol–water partition coefficient (Wildman–Crippen LogP) is 4.29. The minimum absolute atomic E-state index is 0.00230. The van der Waals surface area contributed by atoms with E-state index < -0.39 is 23.3 Å². The van der Waals surface area contributed by atoms with Gasteiger partial charge in [-0.25, -0.2) is 28.7 Å². The molecule has 10 heteroatoms. The van der Waals surface area contributed by atoms with Crippen LogP contribution in [0.2, 0.25) is 0 Å². The van der Waals surface area contributed by atoms with Crippen molar-refractivity contribution < 1.29 is 18.0 Å². The van der Waals surface area contributed by atoms with E-state index in [9.17, 15) is 18.0 Å². The number of amides is 1. The van der Waals surface area contributed by atoms with Gasteiger partial charge in [-0.05, 0) is 17.2 Å². The fourth-order valence-electron chi connectivity index (χ4n) is 3.35. The zero-order valence-corrected chi connectivity index (χ0v) is 18.5. The molecule has 34 heavy (non-hydrogen) atoms. The number of alkyl halides is 2. The van der Waals surface area contributed by atoms with Crippen molar-refractivity contribution in [3.8, 4) is 11.1 Å². The Morgan fingerprint density at radius 3 is 2.35 bits per heavy atom. The Kier molecular flexibility index (Phi) is 6.40. The molecule has 1 amide bonds. The first-order valence-electron chi connectivity index (χ1n) is 10.4. The van der Waals surface area contributed by atoms with Gasteiger partial charge in [-0.3, -0.25) is 4.79 Å². The van der Waals surface area contributed by atoms with E-state index >= 15 is 0 Å². The molecule has 1 N–H and O–H groups in total. The first-order chi connectivity index (χ1) is 16.2. The number of carbonyl (C=O) groups excluding carboxylic acids is 1. The molecule has 3 heterocycles. The summed E-state index contributed by atoms with van der Waals surface area (Å²) in [5.74, 6) is -4.45. The van der Waals surface area contributed by atoms with E-state index in [1.54, 1.807) is 30.9 Å². The molecule has 0 unspecified atom stereocenters. The molecule has 0 fully saturated rings. The zero-order chi connectivity index (χ0) is 24.3. The number of halogens is 3. The highest BCUT2D eigenvalue weighted by atomic mass is 19.3. The average molecular weight is 466 g/mol. The number of benzene rings is 1. The molecule has 4 rings (SSSR count). The second kappa shape index (κ2) is 9.42. The van der Waals surface area contributed by atoms with Crippen molar-refractivity contribution in [1.82, 2.24) is 24.5 Å². The van der Waals surface area contributed by atoms with Crippen molar-refractivity contribution in [2.75, 3.05) is 5.32 Å². The molecule has 0 aliphatic heterocycles. The van der Waals surface area contributed by atoms with Crippen molar-refractivity contribution in [1.29, 1.82) is 0 Å². The van der Waals surface area contributed by atoms with E-state index in [0.717, 1.165) is 29.1 Å². The summed E-state index contributed by atoms with van der Waals surface area (Å²) >= 11 is 0. The van der Waals surface area contributed by atoms with Crippen LogP contribution in [-0.2, 0) is 30.6 Å². The summed E-state index contributed by atoms with van der Waals surface area (Å²) in [5, 5.41) is 2.48. The topological polar surface area (TPSA) is 85.6 Å². The van der Waals surface area contributed by atoms with Gasteiger partial charge in [0, 0.05) is 38.1 Å². The third-order valence-electron chi connectivity index (χ3n) is 5.05. The summed E-state index contributed by atoms with van der Waals surface area (Å²) < 4.78 is 42.3. The maximum absolute atomic E-state index is 13.5. The standard InChI is InChI=1S/C24H21F3N6O/c1-24(26,27)20-8-18(12-30-23(20)25)32-22(34)7-15-3-5-16(6-4-15)17-10-28-21(29-11-17)9-19-13-33(2)14-31-19/h3-6,8,10-14H,7,9H2,1-2H3,(H,32,34). The number of hydrogen-bond acceptors (Lipinski definition) is 5. The molecule has 0 spiro atoms. The van der Waals surface area contributed by atoms with E-state index in [4.69, 9.17) is 0 Å². The molecular weight excluding hydrogens is 445 g/mol. The Morgan fingerprint density at radius 2 is 1.74 bits per heavy atom. The van der Waals surface area contributed by atoms with Crippen molar-refractivity contribution in [2.24, 2.45) is 7.05 Å². The number of imidazole rings is 1. The minimum atomic E-state index is -3.41. The Labute approximate surface area is 193 Å². The highest BCUT2D eigenvalue weighted by molar-refractivity contribution is 5.92. The normalized spacial score (nSPS) is 11.4. The van der Waals surface area contributed by atoms with Crippen molar-refractivity contribution in [3.63, 3.8) is 0 Å². The number of pyridine rings is 1. The van der Waals surface area contributed by atoms with E-state index in [1.165, 1.54) is 0 Å². The third kappa shape index (κ3) is 5.64. The second-order valence-electron chi connectivity index (χ2n) is 7.97. The van der Waals surface area contributed by atoms with Gasteiger partial charge in [-0.1, -0.05) is 24.3 Å². The zero-order valence-electron chi connectivity index (χ0n) is 18.5. The number of aromatic nitrogens is 5. The number of aryl methyl sites for hydroxylation is 1. The molecule has 7 nitrogen and oxygen atoms in total. The van der Waals surface area contributed by atoms with Crippen LogP contribution in [0.1, 0.15) is 29.6 Å². The van der Waals surface area contributed by atoms with Gasteiger partial charge >= 0.3 is 0 Å². The SMILES string of the molecule is Cn1cnc(Cc2ncc(-c3ccc(CC(=O)Nc4cnc(F)c(C(C)(F)F)c4)cc3)cn2)c1. The van der Waals surface area contributed by atoms with Gasteiger partial charge in [-0.15, -0.1) is 0 Å². The number of hydrogen-bond donors (Lipinski definition) is 1. The molecule has 0 atom stereocenters. The third-order valence-corrected chi connectivity index (χ3v) is 5.05. The molecule has 0 radical (unpaired) electrons. The smallest absolute Gasteiger partial charge is 0.274 e. The first-order valence-corrected chi connectivity index (χ1v) is 10.4. The van der Waals surface area contributed by atoms with E-state index in [0.29, 0.717) is 24.7 Å². The molecule has 174 valence electrons. The molecule has 0 saturated heterocycles. The quantitative estimate of drug-likeness (QED) is 0.411. The van der Waals surface area contributed by atoms with Gasteiger partial charge in [0.1, 0.15) is 5.82 Å². The van der Waals surface area contributed by atoms with Crippen LogP contribution in [0.5, 0.6) is 0 Å². The monoisotopic (exact) mass is 466 g/mol. The van der Waals surface area contributed by atoms with E-state index in [2.05, 4.69) is 25.3 Å². The van der Waals surface area contributed by atoms with Gasteiger partial charge in [0.2, 0.25) is 11.9 Å². The van der Waals surface area contributed by atoms with Crippen molar-refractivity contribution in [3.05, 3.63) is 90.0 Å². The molecule has 1 aromatic carbocycles. The highest BCUT2D eigenvalue weighted by Gasteiger charge is 2.29. The fourth-order valence-corrected chi connectivity index (χ4v) is 3.35. The maximum atomic E-state index is 13.5. The van der Waals surface area contributed by atoms with Crippen LogP contribution in [0.25, 0.3) is 11.1 Å². The molecular formula is C24H21F3N6O. The summed E-state index contributed by atoms with van der Waals surface area (Å²) in [4.78, 5) is 28.7. The summed E-state index contributed by atoms with van der Waals surface area (Å²) in [6.45, 7) is 0.569. The molecule has 3 aromatic heterocycles. The largest absolute Gasteiger partial charge is 0.340 e. The van der Waals surface area contributed by atoms with Crippen LogP contribution in [0.15, 0.2) is 61.4 Å². The fraction of sp³-hybridized carbons (Fsp3) is 0.208. The van der Waals surface area contributed by atoms with Gasteiger partial charge in [0.05, 0.1) is 42.3 Å². The highest BCUT2D eigenvalue weighted by Crippen LogP contribution is 2.30. The van der Waals surface area contributed by atoms with Gasteiger partial charge in [0.25, 0.3) is 5.92 Å². The predicted molar refractivity (Wildman–Crippen MR) is 120 cm³/mol. The van der Waals surface area contributed by atoms with Gasteiger partial charge in [-0.2, -0.15) is 4.39 Å². The maximum Gasteiger partial charge on any atom is 0.274 e. The Bertz CT molecular complexity index is 1300. The van der Waals surface area contributed by atoms with E-state index in [-0.39, 0.29) is 12.1 Å². The first kappa shape index (κ1) is 23.1. The van der Waals surface area contributed by atoms with Gasteiger partial charge in [0.15, 0.2) is 0 Å². The summed E-state index contributed by atoms with van der Waals surface area (Å²) in [5.41, 5.74) is 2.43. The molecule has 4 aromatic rings. The summed E-state index contributed by atoms with van der Waals surface area (Å²) in [7, 11) is 1.90. The lowest BCUT2D eigenvalue weighted by Gasteiger charge is -2.13. The number of nitrogens with zero attached hydrogens (tertiary/aromatic N) is 5. The molecule has 0 aliphatic rings. The summed E-state index contributed by atoms with van der Waals surface area (Å²) in [6.07, 6.45) is 8.65. The number of carbonyl (C=O) groups is 1. The van der Waals surface area contributed by atoms with E-state index in [1.807, 2.05) is 29.9 Å². The number of anilines is 1. The molecule has 0 bridgehead atoms. The van der Waals surface area contributed by atoms with Crippen molar-refractivity contribution >= 4 is 11.6 Å². The van der Waals surface area contributed by atoms with Crippen molar-refractivity contribution in [2.45, 2.75) is 25.7 Å². The van der Waals surface area contributed by atoms with Crippen LogP contribution in [-0.4, -0.2) is 30.4 Å². The number of nitrogens with one attached hydrogen (secondary N) is 1. The number of rotatable bonds is 7. The van der Waals surface area contributed by atoms with Crippen LogP contribution in [0.4, 0.5) is 18.9 Å². The van der Waals surface area contributed by atoms with Crippen LogP contribution >= 0.6 is 0 Å². The van der Waals surface area contributed by atoms with Gasteiger partial charge < -0.3 is 9.88 Å². The van der Waals surface area contributed by atoms with Crippen LogP contribution in [0, 0.1) is 5.95 Å². The minimum Gasteiger partial charge on any atom is -0.340 e.